The lowest BCUT2D eigenvalue weighted by molar-refractivity contribution is 0.215. The van der Waals surface area contributed by atoms with Crippen LogP contribution in [0.1, 0.15) is 6.92 Å². The number of nitrogens with zero attached hydrogens (tertiary/aromatic N) is 1. The maximum atomic E-state index is 8.81. The summed E-state index contributed by atoms with van der Waals surface area (Å²) in [5.41, 5.74) is 0. The van der Waals surface area contributed by atoms with Crippen LogP contribution in [0.4, 0.5) is 0 Å². The first-order valence-corrected chi connectivity index (χ1v) is 5.08. The highest BCUT2D eigenvalue weighted by Gasteiger charge is 2.11. The van der Waals surface area contributed by atoms with E-state index in [4.69, 9.17) is 8.42 Å². The first-order chi connectivity index (χ1) is 5.54. The molecule has 5 nitrogen and oxygen atoms in total. The lowest BCUT2D eigenvalue weighted by Crippen LogP contribution is -2.47. The SMILES string of the molecule is CC1CNCCN1C.N[SH](=O)=O. The van der Waals surface area contributed by atoms with E-state index < -0.39 is 10.9 Å². The lowest BCUT2D eigenvalue weighted by atomic mass is 10.2. The molecule has 3 N–H and O–H groups in total. The molecule has 0 aromatic heterocycles. The van der Waals surface area contributed by atoms with E-state index in [1.165, 1.54) is 6.54 Å². The fraction of sp³-hybridized carbons (Fsp3) is 1.00. The normalized spacial score (nSPS) is 24.8. The molecule has 1 heterocycles. The second-order valence-electron chi connectivity index (χ2n) is 2.82. The molecule has 1 aliphatic heterocycles. The fourth-order valence-electron chi connectivity index (χ4n) is 0.943. The third-order valence-electron chi connectivity index (χ3n) is 1.83. The third-order valence-corrected chi connectivity index (χ3v) is 1.83. The minimum atomic E-state index is -2.62. The molecule has 0 bridgehead atoms. The summed E-state index contributed by atoms with van der Waals surface area (Å²) >= 11 is 0. The first kappa shape index (κ1) is 11.8. The Bertz CT molecular complexity index is 166. The summed E-state index contributed by atoms with van der Waals surface area (Å²) in [5.74, 6) is 0. The summed E-state index contributed by atoms with van der Waals surface area (Å²) in [4.78, 5) is 2.37. The van der Waals surface area contributed by atoms with Gasteiger partial charge >= 0.3 is 0 Å². The standard InChI is InChI=1S/C6H14N2.H3NO2S/c1-6-5-7-3-4-8(6)2;1-4(2)3/h6-7H,3-5H2,1-2H3;4H,(H2,1,2,3). The van der Waals surface area contributed by atoms with Gasteiger partial charge in [0.2, 0.25) is 0 Å². The van der Waals surface area contributed by atoms with Gasteiger partial charge in [0, 0.05) is 25.7 Å². The zero-order valence-corrected chi connectivity index (χ0v) is 8.38. The molecule has 0 aliphatic carbocycles. The van der Waals surface area contributed by atoms with Gasteiger partial charge in [0.1, 0.15) is 0 Å². The lowest BCUT2D eigenvalue weighted by Gasteiger charge is -2.29. The molecule has 74 valence electrons. The Morgan fingerprint density at radius 3 is 2.33 bits per heavy atom. The Morgan fingerprint density at radius 2 is 2.08 bits per heavy atom. The van der Waals surface area contributed by atoms with Gasteiger partial charge in [-0.1, -0.05) is 0 Å². The molecule has 0 spiro atoms. The van der Waals surface area contributed by atoms with Crippen molar-refractivity contribution in [1.29, 1.82) is 0 Å². The van der Waals surface area contributed by atoms with Gasteiger partial charge in [-0.15, -0.1) is 0 Å². The minimum Gasteiger partial charge on any atom is -0.314 e. The zero-order valence-electron chi connectivity index (χ0n) is 7.49. The smallest absolute Gasteiger partial charge is 0.198 e. The predicted molar refractivity (Wildman–Crippen MR) is 49.5 cm³/mol. The van der Waals surface area contributed by atoms with Gasteiger partial charge in [0.05, 0.1) is 0 Å². The molecule has 6 heteroatoms. The topological polar surface area (TPSA) is 75.4 Å². The number of thiol groups is 1. The average Bonchev–Trinajstić information content (AvgIpc) is 1.94. The van der Waals surface area contributed by atoms with Crippen LogP contribution in [0.3, 0.4) is 0 Å². The van der Waals surface area contributed by atoms with Crippen LogP contribution >= 0.6 is 0 Å². The monoisotopic (exact) mass is 195 g/mol. The third kappa shape index (κ3) is 6.53. The fourth-order valence-corrected chi connectivity index (χ4v) is 0.943. The Hall–Kier alpha value is -0.170. The van der Waals surface area contributed by atoms with Crippen molar-refractivity contribution < 1.29 is 8.42 Å². The molecular weight excluding hydrogens is 178 g/mol. The number of nitrogens with two attached hydrogens (primary N) is 1. The summed E-state index contributed by atoms with van der Waals surface area (Å²) in [5, 5.41) is 7.39. The van der Waals surface area contributed by atoms with Crippen LogP contribution in [-0.4, -0.2) is 46.0 Å². The highest BCUT2D eigenvalue weighted by atomic mass is 32.2. The van der Waals surface area contributed by atoms with Gasteiger partial charge in [0.15, 0.2) is 10.9 Å². The van der Waals surface area contributed by atoms with Gasteiger partial charge in [-0.2, -0.15) is 0 Å². The van der Waals surface area contributed by atoms with E-state index in [0.29, 0.717) is 0 Å². The molecule has 1 unspecified atom stereocenters. The van der Waals surface area contributed by atoms with E-state index in [2.05, 4.69) is 29.3 Å². The van der Waals surface area contributed by atoms with Crippen LogP contribution in [0.15, 0.2) is 0 Å². The highest BCUT2D eigenvalue weighted by Crippen LogP contribution is 1.95. The van der Waals surface area contributed by atoms with Crippen molar-refractivity contribution in [3.05, 3.63) is 0 Å². The zero-order chi connectivity index (χ0) is 9.56. The number of hydrogen-bond acceptors (Lipinski definition) is 4. The van der Waals surface area contributed by atoms with Gasteiger partial charge in [-0.3, -0.25) is 0 Å². The average molecular weight is 195 g/mol. The molecule has 0 saturated carbocycles. The summed E-state index contributed by atoms with van der Waals surface area (Å²) in [7, 11) is -0.448. The molecular formula is C6H17N3O2S. The summed E-state index contributed by atoms with van der Waals surface area (Å²) in [6.45, 7) is 5.74. The quantitative estimate of drug-likeness (QED) is 0.406. The van der Waals surface area contributed by atoms with Crippen LogP contribution < -0.4 is 10.5 Å². The summed E-state index contributed by atoms with van der Waals surface area (Å²) < 4.78 is 17.6. The molecule has 1 atom stereocenters. The van der Waals surface area contributed by atoms with Crippen LogP contribution in [0.2, 0.25) is 0 Å². The predicted octanol–water partition coefficient (Wildman–Crippen LogP) is -1.62. The van der Waals surface area contributed by atoms with Crippen molar-refractivity contribution in [3.8, 4) is 0 Å². The van der Waals surface area contributed by atoms with Crippen molar-refractivity contribution in [2.24, 2.45) is 5.14 Å². The van der Waals surface area contributed by atoms with Crippen LogP contribution in [0, 0.1) is 0 Å². The van der Waals surface area contributed by atoms with E-state index in [9.17, 15) is 0 Å². The summed E-state index contributed by atoms with van der Waals surface area (Å²) in [6.07, 6.45) is 0. The van der Waals surface area contributed by atoms with Crippen molar-refractivity contribution in [1.82, 2.24) is 10.2 Å². The van der Waals surface area contributed by atoms with E-state index in [-0.39, 0.29) is 0 Å². The van der Waals surface area contributed by atoms with Gasteiger partial charge in [-0.05, 0) is 14.0 Å². The molecule has 1 aliphatic rings. The molecule has 1 fully saturated rings. The summed E-state index contributed by atoms with van der Waals surface area (Å²) in [6, 6.07) is 0.726. The van der Waals surface area contributed by atoms with Gasteiger partial charge < -0.3 is 10.2 Å². The number of nitrogens with one attached hydrogen (secondary N) is 1. The molecule has 0 amide bonds. The minimum absolute atomic E-state index is 0.726. The van der Waals surface area contributed by atoms with Gasteiger partial charge in [-0.25, -0.2) is 13.6 Å². The van der Waals surface area contributed by atoms with Crippen LogP contribution in [0.25, 0.3) is 0 Å². The Balaban J connectivity index is 0.000000261. The van der Waals surface area contributed by atoms with Crippen molar-refractivity contribution in [2.75, 3.05) is 26.7 Å². The van der Waals surface area contributed by atoms with E-state index in [1.54, 1.807) is 0 Å². The van der Waals surface area contributed by atoms with E-state index in [1.807, 2.05) is 0 Å². The molecule has 1 saturated heterocycles. The van der Waals surface area contributed by atoms with Crippen molar-refractivity contribution in [2.45, 2.75) is 13.0 Å². The second-order valence-corrected chi connectivity index (χ2v) is 3.39. The highest BCUT2D eigenvalue weighted by molar-refractivity contribution is 7.69. The van der Waals surface area contributed by atoms with Crippen molar-refractivity contribution in [3.63, 3.8) is 0 Å². The Kier molecular flexibility index (Phi) is 6.27. The van der Waals surface area contributed by atoms with Crippen molar-refractivity contribution >= 4 is 10.9 Å². The second kappa shape index (κ2) is 6.36. The number of rotatable bonds is 0. The largest absolute Gasteiger partial charge is 0.314 e. The van der Waals surface area contributed by atoms with E-state index >= 15 is 0 Å². The maximum Gasteiger partial charge on any atom is 0.198 e. The van der Waals surface area contributed by atoms with Crippen LogP contribution in [-0.2, 0) is 10.9 Å². The first-order valence-electron chi connectivity index (χ1n) is 3.84. The molecule has 0 aromatic rings. The Labute approximate surface area is 75.0 Å². The van der Waals surface area contributed by atoms with Crippen LogP contribution in [0.5, 0.6) is 0 Å². The number of likely N-dealkylation sites (N-methyl/N-ethyl adjacent to an activating group) is 1. The number of piperazine rings is 1. The molecule has 0 radical (unpaired) electrons. The van der Waals surface area contributed by atoms with Gasteiger partial charge in [0.25, 0.3) is 0 Å². The molecule has 12 heavy (non-hydrogen) atoms. The molecule has 1 rings (SSSR count). The van der Waals surface area contributed by atoms with E-state index in [0.717, 1.165) is 19.1 Å². The maximum absolute atomic E-state index is 8.81. The Morgan fingerprint density at radius 1 is 1.58 bits per heavy atom. The molecule has 0 aromatic carbocycles. The number of hydrogen-bond donors (Lipinski definition) is 3.